The van der Waals surface area contributed by atoms with Crippen molar-refractivity contribution in [3.63, 3.8) is 0 Å². The summed E-state index contributed by atoms with van der Waals surface area (Å²) in [6.45, 7) is 3.51. The summed E-state index contributed by atoms with van der Waals surface area (Å²) >= 11 is 0. The van der Waals surface area contributed by atoms with Gasteiger partial charge in [-0.05, 0) is 37.8 Å². The maximum Gasteiger partial charge on any atom is 0.341 e. The Labute approximate surface area is 134 Å². The van der Waals surface area contributed by atoms with Crippen LogP contribution in [0.25, 0.3) is 0 Å². The van der Waals surface area contributed by atoms with Crippen molar-refractivity contribution in [2.75, 3.05) is 0 Å². The molecular formula is C17H21F2NO3. The van der Waals surface area contributed by atoms with Crippen molar-refractivity contribution in [3.8, 4) is 0 Å². The van der Waals surface area contributed by atoms with E-state index in [1.54, 1.807) is 0 Å². The Kier molecular flexibility index (Phi) is 5.69. The molecule has 1 fully saturated rings. The van der Waals surface area contributed by atoms with Crippen LogP contribution in [0, 0.1) is 17.6 Å². The number of rotatable bonds is 4. The second-order valence-electron chi connectivity index (χ2n) is 6.05. The topological polar surface area (TPSA) is 55.4 Å². The zero-order valence-corrected chi connectivity index (χ0v) is 13.3. The molecule has 6 heteroatoms. The van der Waals surface area contributed by atoms with Gasteiger partial charge in [-0.2, -0.15) is 0 Å². The summed E-state index contributed by atoms with van der Waals surface area (Å²) in [6, 6.07) is 2.64. The quantitative estimate of drug-likeness (QED) is 0.865. The smallest absolute Gasteiger partial charge is 0.341 e. The normalized spacial score (nSPS) is 22.3. The lowest BCUT2D eigenvalue weighted by molar-refractivity contribution is -0.130. The third-order valence-corrected chi connectivity index (χ3v) is 4.24. The number of esters is 1. The summed E-state index contributed by atoms with van der Waals surface area (Å²) in [5.74, 6) is -2.80. The Morgan fingerprint density at radius 2 is 1.96 bits per heavy atom. The van der Waals surface area contributed by atoms with Crippen molar-refractivity contribution in [1.29, 1.82) is 0 Å². The molecule has 0 spiro atoms. The van der Waals surface area contributed by atoms with Crippen LogP contribution in [0.4, 0.5) is 8.78 Å². The molecule has 0 aliphatic heterocycles. The molecule has 0 saturated heterocycles. The molecule has 0 aromatic heterocycles. The number of hydrogen-bond acceptors (Lipinski definition) is 3. The summed E-state index contributed by atoms with van der Waals surface area (Å²) in [5, 5.41) is 2.88. The number of halogens is 2. The number of ether oxygens (including phenoxy) is 1. The van der Waals surface area contributed by atoms with E-state index in [0.717, 1.165) is 37.8 Å². The largest absolute Gasteiger partial charge is 0.449 e. The van der Waals surface area contributed by atoms with Crippen molar-refractivity contribution in [2.24, 2.45) is 5.92 Å². The molecule has 1 aromatic rings. The maximum atomic E-state index is 13.5. The molecule has 4 nitrogen and oxygen atoms in total. The molecule has 0 heterocycles. The highest BCUT2D eigenvalue weighted by Gasteiger charge is 2.27. The zero-order chi connectivity index (χ0) is 17.0. The first-order valence-corrected chi connectivity index (χ1v) is 7.85. The molecule has 0 bridgehead atoms. The maximum absolute atomic E-state index is 13.5. The minimum atomic E-state index is -1.04. The van der Waals surface area contributed by atoms with E-state index < -0.39 is 35.2 Å². The van der Waals surface area contributed by atoms with E-state index in [9.17, 15) is 18.4 Å². The van der Waals surface area contributed by atoms with Crippen LogP contribution in [-0.4, -0.2) is 24.0 Å². The molecule has 126 valence electrons. The molecule has 1 aliphatic rings. The monoisotopic (exact) mass is 325 g/mol. The number of carbonyl (C=O) groups excluding carboxylic acids is 2. The Hall–Kier alpha value is -1.98. The van der Waals surface area contributed by atoms with Gasteiger partial charge >= 0.3 is 5.97 Å². The van der Waals surface area contributed by atoms with Crippen LogP contribution in [0.15, 0.2) is 18.2 Å². The van der Waals surface area contributed by atoms with Crippen LogP contribution >= 0.6 is 0 Å². The van der Waals surface area contributed by atoms with Gasteiger partial charge in [0, 0.05) is 12.1 Å². The van der Waals surface area contributed by atoms with Gasteiger partial charge in [0.15, 0.2) is 6.10 Å². The van der Waals surface area contributed by atoms with E-state index in [0.29, 0.717) is 12.0 Å². The first kappa shape index (κ1) is 17.4. The molecule has 1 N–H and O–H groups in total. The van der Waals surface area contributed by atoms with Gasteiger partial charge in [0.05, 0.1) is 5.56 Å². The van der Waals surface area contributed by atoms with E-state index in [2.05, 4.69) is 12.2 Å². The highest BCUT2D eigenvalue weighted by atomic mass is 19.1. The van der Waals surface area contributed by atoms with Crippen molar-refractivity contribution in [3.05, 3.63) is 35.4 Å². The van der Waals surface area contributed by atoms with Crippen molar-refractivity contribution in [1.82, 2.24) is 5.32 Å². The third kappa shape index (κ3) is 4.50. The first-order chi connectivity index (χ1) is 10.9. The molecule has 1 amide bonds. The predicted molar refractivity (Wildman–Crippen MR) is 80.8 cm³/mol. The number of nitrogens with one attached hydrogen (secondary N) is 1. The van der Waals surface area contributed by atoms with Crippen LogP contribution in [0.3, 0.4) is 0 Å². The van der Waals surface area contributed by atoms with Crippen molar-refractivity contribution in [2.45, 2.75) is 51.7 Å². The molecule has 1 saturated carbocycles. The van der Waals surface area contributed by atoms with Gasteiger partial charge in [-0.1, -0.05) is 19.8 Å². The van der Waals surface area contributed by atoms with Gasteiger partial charge in [-0.25, -0.2) is 13.6 Å². The van der Waals surface area contributed by atoms with E-state index >= 15 is 0 Å². The summed E-state index contributed by atoms with van der Waals surface area (Å²) < 4.78 is 31.4. The fourth-order valence-corrected chi connectivity index (χ4v) is 2.76. The molecule has 2 rings (SSSR count). The lowest BCUT2D eigenvalue weighted by Crippen LogP contribution is -2.46. The van der Waals surface area contributed by atoms with Crippen LogP contribution in [0.1, 0.15) is 49.9 Å². The highest BCUT2D eigenvalue weighted by Crippen LogP contribution is 2.23. The SMILES string of the molecule is C[C@@H](OC(=O)c1ccc(F)cc1F)C(=O)N[C@H]1CCCC[C@@H]1C. The standard InChI is InChI=1S/C17H21F2NO3/c1-10-5-3-4-6-15(10)20-16(21)11(2)23-17(22)13-8-7-12(18)9-14(13)19/h7-11,15H,3-6H2,1-2H3,(H,20,21)/t10-,11+,15-/m0/s1. The second kappa shape index (κ2) is 7.53. The predicted octanol–water partition coefficient (Wildman–Crippen LogP) is 3.21. The van der Waals surface area contributed by atoms with Gasteiger partial charge in [0.1, 0.15) is 11.6 Å². The zero-order valence-electron chi connectivity index (χ0n) is 13.3. The molecule has 3 atom stereocenters. The van der Waals surface area contributed by atoms with Crippen molar-refractivity contribution >= 4 is 11.9 Å². The molecule has 0 unspecified atom stereocenters. The fraction of sp³-hybridized carbons (Fsp3) is 0.529. The van der Waals surface area contributed by atoms with Crippen LogP contribution < -0.4 is 5.32 Å². The van der Waals surface area contributed by atoms with Crippen LogP contribution in [0.2, 0.25) is 0 Å². The number of benzene rings is 1. The second-order valence-corrected chi connectivity index (χ2v) is 6.05. The average molecular weight is 325 g/mol. The summed E-state index contributed by atoms with van der Waals surface area (Å²) in [4.78, 5) is 24.0. The first-order valence-electron chi connectivity index (χ1n) is 7.85. The van der Waals surface area contributed by atoms with Crippen LogP contribution in [0.5, 0.6) is 0 Å². The van der Waals surface area contributed by atoms with Gasteiger partial charge in [0.25, 0.3) is 5.91 Å². The van der Waals surface area contributed by atoms with Gasteiger partial charge in [0.2, 0.25) is 0 Å². The van der Waals surface area contributed by atoms with Crippen LogP contribution in [-0.2, 0) is 9.53 Å². The van der Waals surface area contributed by atoms with Crippen molar-refractivity contribution < 1.29 is 23.1 Å². The Morgan fingerprint density at radius 1 is 1.26 bits per heavy atom. The minimum absolute atomic E-state index is 0.0694. The molecule has 23 heavy (non-hydrogen) atoms. The summed E-state index contributed by atoms with van der Waals surface area (Å²) in [5.41, 5.74) is -0.392. The third-order valence-electron chi connectivity index (χ3n) is 4.24. The van der Waals surface area contributed by atoms with Gasteiger partial charge in [-0.3, -0.25) is 4.79 Å². The van der Waals surface area contributed by atoms with E-state index in [-0.39, 0.29) is 6.04 Å². The highest BCUT2D eigenvalue weighted by molar-refractivity contribution is 5.92. The Morgan fingerprint density at radius 3 is 2.61 bits per heavy atom. The van der Waals surface area contributed by atoms with Gasteiger partial charge < -0.3 is 10.1 Å². The Bertz CT molecular complexity index is 591. The minimum Gasteiger partial charge on any atom is -0.449 e. The van der Waals surface area contributed by atoms with E-state index in [1.165, 1.54) is 6.92 Å². The summed E-state index contributed by atoms with van der Waals surface area (Å²) in [6.07, 6.45) is 3.13. The Balaban J connectivity index is 1.93. The fourth-order valence-electron chi connectivity index (χ4n) is 2.76. The summed E-state index contributed by atoms with van der Waals surface area (Å²) in [7, 11) is 0. The average Bonchev–Trinajstić information content (AvgIpc) is 2.49. The van der Waals surface area contributed by atoms with E-state index in [4.69, 9.17) is 4.74 Å². The molecule has 1 aromatic carbocycles. The lowest BCUT2D eigenvalue weighted by atomic mass is 9.86. The van der Waals surface area contributed by atoms with Gasteiger partial charge in [-0.15, -0.1) is 0 Å². The number of carbonyl (C=O) groups is 2. The lowest BCUT2D eigenvalue weighted by Gasteiger charge is -2.30. The number of amides is 1. The molecular weight excluding hydrogens is 304 g/mol. The van der Waals surface area contributed by atoms with E-state index in [1.807, 2.05) is 0 Å². The molecule has 1 aliphatic carbocycles. The number of hydrogen-bond donors (Lipinski definition) is 1. The molecule has 0 radical (unpaired) electrons.